The Morgan fingerprint density at radius 3 is 2.42 bits per heavy atom. The van der Waals surface area contributed by atoms with Gasteiger partial charge < -0.3 is 23.4 Å². The Kier molecular flexibility index (Phi) is 9.99. The van der Waals surface area contributed by atoms with Crippen molar-refractivity contribution in [3.8, 4) is 28.7 Å². The van der Waals surface area contributed by atoms with Gasteiger partial charge in [0.15, 0.2) is 0 Å². The van der Waals surface area contributed by atoms with E-state index >= 15 is 0 Å². The van der Waals surface area contributed by atoms with Crippen LogP contribution in [0.15, 0.2) is 83.8 Å². The summed E-state index contributed by atoms with van der Waals surface area (Å²) in [7, 11) is 0. The number of hydrogen-bond donors (Lipinski definition) is 0. The molecule has 0 bridgehead atoms. The molecule has 0 amide bonds. The molecule has 0 unspecified atom stereocenters. The summed E-state index contributed by atoms with van der Waals surface area (Å²) in [4.78, 5) is 17.3. The van der Waals surface area contributed by atoms with Gasteiger partial charge in [0.1, 0.15) is 41.8 Å². The second-order valence-corrected chi connectivity index (χ2v) is 9.27. The van der Waals surface area contributed by atoms with Gasteiger partial charge in [-0.05, 0) is 61.7 Å². The normalized spacial score (nSPS) is 10.7. The maximum Gasteiger partial charge on any atom is 0.342 e. The van der Waals surface area contributed by atoms with Gasteiger partial charge in [0, 0.05) is 18.1 Å². The molecule has 0 aliphatic heterocycles. The maximum atomic E-state index is 12.7. The van der Waals surface area contributed by atoms with E-state index in [1.165, 1.54) is 6.08 Å². The Labute approximate surface area is 235 Å². The Hall–Kier alpha value is -4.52. The van der Waals surface area contributed by atoms with Crippen molar-refractivity contribution < 1.29 is 28.2 Å². The molecular weight excluding hydrogens is 506 g/mol. The van der Waals surface area contributed by atoms with Crippen LogP contribution >= 0.6 is 0 Å². The van der Waals surface area contributed by atoms with Gasteiger partial charge in [0.25, 0.3) is 0 Å². The van der Waals surface area contributed by atoms with E-state index in [0.717, 1.165) is 40.3 Å². The number of carbonyl (C=O) groups is 1. The fourth-order valence-corrected chi connectivity index (χ4v) is 4.08. The van der Waals surface area contributed by atoms with E-state index in [1.807, 2.05) is 81.4 Å². The molecular formula is C33H35NO6. The minimum Gasteiger partial charge on any atom is -0.493 e. The number of oxazole rings is 1. The molecule has 7 heteroatoms. The lowest BCUT2D eigenvalue weighted by Gasteiger charge is -2.16. The van der Waals surface area contributed by atoms with E-state index in [9.17, 15) is 4.79 Å². The topological polar surface area (TPSA) is 80.0 Å². The number of nitrogens with zero attached hydrogens (tertiary/aromatic N) is 1. The SMILES string of the molecule is C=CCOC(=O)c1c(C)cc(OCCC)cc1OCc1ccc(OCCc2nc(-c3ccccc3)oc2C)cc1. The summed E-state index contributed by atoms with van der Waals surface area (Å²) in [5.41, 5.74) is 3.86. The number of hydrogen-bond acceptors (Lipinski definition) is 7. The molecule has 0 aliphatic carbocycles. The molecule has 0 N–H and O–H groups in total. The van der Waals surface area contributed by atoms with Crippen molar-refractivity contribution in [1.29, 1.82) is 0 Å². The summed E-state index contributed by atoms with van der Waals surface area (Å²) in [6.45, 7) is 10.8. The molecule has 208 valence electrons. The first-order valence-corrected chi connectivity index (χ1v) is 13.4. The molecule has 4 aromatic rings. The summed E-state index contributed by atoms with van der Waals surface area (Å²) >= 11 is 0. The highest BCUT2D eigenvalue weighted by Gasteiger charge is 2.19. The van der Waals surface area contributed by atoms with Crippen molar-refractivity contribution in [3.05, 3.63) is 108 Å². The van der Waals surface area contributed by atoms with Crippen molar-refractivity contribution in [3.63, 3.8) is 0 Å². The smallest absolute Gasteiger partial charge is 0.342 e. The quantitative estimate of drug-likeness (QED) is 0.122. The van der Waals surface area contributed by atoms with Gasteiger partial charge in [-0.1, -0.05) is 49.9 Å². The summed E-state index contributed by atoms with van der Waals surface area (Å²) in [6.07, 6.45) is 3.04. The first-order valence-electron chi connectivity index (χ1n) is 13.4. The van der Waals surface area contributed by atoms with E-state index in [2.05, 4.69) is 11.6 Å². The number of ether oxygens (including phenoxy) is 4. The summed E-state index contributed by atoms with van der Waals surface area (Å²) < 4.78 is 28.9. The van der Waals surface area contributed by atoms with Gasteiger partial charge in [-0.15, -0.1) is 0 Å². The first-order chi connectivity index (χ1) is 19.5. The molecule has 1 heterocycles. The van der Waals surface area contributed by atoms with Crippen LogP contribution in [-0.2, 0) is 17.8 Å². The number of aromatic nitrogens is 1. The predicted octanol–water partition coefficient (Wildman–Crippen LogP) is 7.29. The summed E-state index contributed by atoms with van der Waals surface area (Å²) in [5.74, 6) is 2.76. The number of esters is 1. The molecule has 1 aromatic heterocycles. The second-order valence-electron chi connectivity index (χ2n) is 9.27. The predicted molar refractivity (Wildman–Crippen MR) is 154 cm³/mol. The van der Waals surface area contributed by atoms with Gasteiger partial charge >= 0.3 is 5.97 Å². The van der Waals surface area contributed by atoms with Crippen LogP contribution in [-0.4, -0.2) is 30.8 Å². The Morgan fingerprint density at radius 1 is 0.950 bits per heavy atom. The van der Waals surface area contributed by atoms with Crippen molar-refractivity contribution >= 4 is 5.97 Å². The molecule has 0 aliphatic rings. The summed E-state index contributed by atoms with van der Waals surface area (Å²) in [5, 5.41) is 0. The Bertz CT molecular complexity index is 1410. The van der Waals surface area contributed by atoms with Crippen molar-refractivity contribution in [2.75, 3.05) is 19.8 Å². The highest BCUT2D eigenvalue weighted by atomic mass is 16.5. The van der Waals surface area contributed by atoms with Gasteiger partial charge in [-0.25, -0.2) is 9.78 Å². The third kappa shape index (κ3) is 7.53. The van der Waals surface area contributed by atoms with E-state index in [4.69, 9.17) is 23.4 Å². The Morgan fingerprint density at radius 2 is 1.70 bits per heavy atom. The average molecular weight is 542 g/mol. The lowest BCUT2D eigenvalue weighted by atomic mass is 10.1. The molecule has 7 nitrogen and oxygen atoms in total. The molecule has 3 aromatic carbocycles. The fourth-order valence-electron chi connectivity index (χ4n) is 4.08. The summed E-state index contributed by atoms with van der Waals surface area (Å²) in [6, 6.07) is 21.1. The van der Waals surface area contributed by atoms with Crippen LogP contribution in [0.5, 0.6) is 17.2 Å². The largest absolute Gasteiger partial charge is 0.493 e. The number of aryl methyl sites for hydroxylation is 2. The van der Waals surface area contributed by atoms with Crippen LogP contribution in [0.2, 0.25) is 0 Å². The van der Waals surface area contributed by atoms with Gasteiger partial charge in [0.2, 0.25) is 5.89 Å². The van der Waals surface area contributed by atoms with Gasteiger partial charge in [-0.3, -0.25) is 0 Å². The van der Waals surface area contributed by atoms with Gasteiger partial charge in [-0.2, -0.15) is 0 Å². The zero-order valence-electron chi connectivity index (χ0n) is 23.3. The number of benzene rings is 3. The first kappa shape index (κ1) is 28.5. The van der Waals surface area contributed by atoms with Crippen molar-refractivity contribution in [1.82, 2.24) is 4.98 Å². The molecule has 0 spiro atoms. The van der Waals surface area contributed by atoms with Crippen LogP contribution in [0.3, 0.4) is 0 Å². The molecule has 0 radical (unpaired) electrons. The lowest BCUT2D eigenvalue weighted by molar-refractivity contribution is 0.0543. The fraction of sp³-hybridized carbons (Fsp3) is 0.273. The van der Waals surface area contributed by atoms with E-state index in [1.54, 1.807) is 6.07 Å². The average Bonchev–Trinajstić information content (AvgIpc) is 3.34. The molecule has 0 atom stereocenters. The molecule has 4 rings (SSSR count). The standard InChI is InChI=1S/C33H35NO6/c1-5-17-36-28-20-23(3)31(33(35)38-18-6-2)30(21-28)39-22-25-12-14-27(15-13-25)37-19-16-29-24(4)40-32(34-29)26-10-8-7-9-11-26/h6-15,20-21H,2,5,16-19,22H2,1,3-4H3. The number of rotatable bonds is 14. The third-order valence-electron chi connectivity index (χ3n) is 6.12. The minimum absolute atomic E-state index is 0.123. The van der Waals surface area contributed by atoms with E-state index < -0.39 is 5.97 Å². The van der Waals surface area contributed by atoms with Crippen molar-refractivity contribution in [2.45, 2.75) is 40.2 Å². The maximum absolute atomic E-state index is 12.7. The zero-order chi connectivity index (χ0) is 28.3. The Balaban J connectivity index is 1.36. The van der Waals surface area contributed by atoms with E-state index in [-0.39, 0.29) is 13.2 Å². The van der Waals surface area contributed by atoms with Crippen LogP contribution in [0.1, 0.15) is 46.3 Å². The van der Waals surface area contributed by atoms with E-state index in [0.29, 0.717) is 42.6 Å². The highest BCUT2D eigenvalue weighted by molar-refractivity contribution is 5.94. The van der Waals surface area contributed by atoms with Crippen LogP contribution in [0.4, 0.5) is 0 Å². The second kappa shape index (κ2) is 14.0. The molecule has 0 fully saturated rings. The van der Waals surface area contributed by atoms with Crippen molar-refractivity contribution in [2.24, 2.45) is 0 Å². The zero-order valence-corrected chi connectivity index (χ0v) is 23.3. The highest BCUT2D eigenvalue weighted by Crippen LogP contribution is 2.31. The minimum atomic E-state index is -0.462. The monoisotopic (exact) mass is 541 g/mol. The van der Waals surface area contributed by atoms with Crippen LogP contribution < -0.4 is 14.2 Å². The third-order valence-corrected chi connectivity index (χ3v) is 6.12. The molecule has 40 heavy (non-hydrogen) atoms. The molecule has 0 saturated carbocycles. The number of carbonyl (C=O) groups excluding carboxylic acids is 1. The molecule has 0 saturated heterocycles. The van der Waals surface area contributed by atoms with Crippen LogP contribution in [0, 0.1) is 13.8 Å². The lowest BCUT2D eigenvalue weighted by Crippen LogP contribution is -2.11. The van der Waals surface area contributed by atoms with Gasteiger partial charge in [0.05, 0.1) is 18.9 Å². The van der Waals surface area contributed by atoms with Crippen LogP contribution in [0.25, 0.3) is 11.5 Å².